The molecule has 5 rings (SSSR count). The summed E-state index contributed by atoms with van der Waals surface area (Å²) in [5.41, 5.74) is 0.403. The van der Waals surface area contributed by atoms with Gasteiger partial charge in [-0.3, -0.25) is 14.2 Å². The lowest BCUT2D eigenvalue weighted by Crippen LogP contribution is -2.23. The van der Waals surface area contributed by atoms with Crippen LogP contribution in [0.25, 0.3) is 15.9 Å². The number of alkyl halides is 3. The van der Waals surface area contributed by atoms with Crippen LogP contribution in [0, 0.1) is 0 Å². The summed E-state index contributed by atoms with van der Waals surface area (Å²) in [5.74, 6) is -0.764. The van der Waals surface area contributed by atoms with Crippen molar-refractivity contribution in [3.8, 4) is 5.69 Å². The Labute approximate surface area is 231 Å². The van der Waals surface area contributed by atoms with E-state index in [1.54, 1.807) is 12.1 Å². The molecule has 1 amide bonds. The molecule has 0 atom stereocenters. The van der Waals surface area contributed by atoms with Crippen molar-refractivity contribution in [2.24, 2.45) is 0 Å². The maximum absolute atomic E-state index is 13.8. The summed E-state index contributed by atoms with van der Waals surface area (Å²) in [6.07, 6.45) is -0.735. The molecule has 0 bridgehead atoms. The monoisotopic (exact) mass is 627 g/mol. The van der Waals surface area contributed by atoms with Gasteiger partial charge in [-0.1, -0.05) is 39.3 Å². The summed E-state index contributed by atoms with van der Waals surface area (Å²) in [6.45, 7) is 0. The smallest absolute Gasteiger partial charge is 0.324 e. The molecule has 1 aliphatic rings. The van der Waals surface area contributed by atoms with Gasteiger partial charge in [0.2, 0.25) is 5.91 Å². The van der Waals surface area contributed by atoms with E-state index in [2.05, 4.69) is 21.2 Å². The summed E-state index contributed by atoms with van der Waals surface area (Å²) < 4.78 is 41.6. The lowest BCUT2D eigenvalue weighted by molar-refractivity contribution is -0.137. The van der Waals surface area contributed by atoms with Gasteiger partial charge in [0.25, 0.3) is 5.56 Å². The van der Waals surface area contributed by atoms with Crippen LogP contribution in [-0.2, 0) is 23.8 Å². The predicted molar refractivity (Wildman–Crippen MR) is 145 cm³/mol. The topological polar surface area (TPSA) is 64.0 Å². The Balaban J connectivity index is 1.48. The molecular weight excluding hydrogens is 611 g/mol. The number of amides is 1. The molecule has 2 aromatic heterocycles. The first-order chi connectivity index (χ1) is 17.6. The van der Waals surface area contributed by atoms with Gasteiger partial charge in [-0.2, -0.15) is 13.2 Å². The van der Waals surface area contributed by atoms with Crippen LogP contribution < -0.4 is 10.9 Å². The van der Waals surface area contributed by atoms with Gasteiger partial charge in [-0.05, 0) is 73.7 Å². The Morgan fingerprint density at radius 3 is 2.62 bits per heavy atom. The van der Waals surface area contributed by atoms with Crippen molar-refractivity contribution in [1.29, 1.82) is 0 Å². The molecule has 0 saturated carbocycles. The fraction of sp³-hybridized carbons (Fsp3) is 0.240. The molecule has 0 saturated heterocycles. The molecule has 0 fully saturated rings. The summed E-state index contributed by atoms with van der Waals surface area (Å²) in [4.78, 5) is 33.0. The second kappa shape index (κ2) is 10.4. The van der Waals surface area contributed by atoms with E-state index in [1.807, 2.05) is 12.1 Å². The molecule has 12 heteroatoms. The fourth-order valence-electron chi connectivity index (χ4n) is 4.21. The highest BCUT2D eigenvalue weighted by Gasteiger charge is 2.31. The van der Waals surface area contributed by atoms with E-state index in [1.165, 1.54) is 20.8 Å². The quantitative estimate of drug-likeness (QED) is 0.184. The van der Waals surface area contributed by atoms with Crippen molar-refractivity contribution < 1.29 is 18.0 Å². The number of carbonyl (C=O) groups is 1. The number of carbonyl (C=O) groups excluding carboxylic acids is 1. The van der Waals surface area contributed by atoms with Crippen molar-refractivity contribution >= 4 is 72.4 Å². The number of nitrogens with zero attached hydrogens (tertiary/aromatic N) is 2. The third kappa shape index (κ3) is 5.45. The number of benzene rings is 2. The number of hydrogen-bond donors (Lipinski definition) is 1. The van der Waals surface area contributed by atoms with E-state index in [-0.39, 0.29) is 22.0 Å². The van der Waals surface area contributed by atoms with Gasteiger partial charge in [0.15, 0.2) is 5.16 Å². The zero-order valence-corrected chi connectivity index (χ0v) is 23.0. The van der Waals surface area contributed by atoms with Crippen molar-refractivity contribution in [2.45, 2.75) is 37.0 Å². The summed E-state index contributed by atoms with van der Waals surface area (Å²) >= 11 is 12.0. The number of halogens is 5. The molecule has 0 radical (unpaired) electrons. The van der Waals surface area contributed by atoms with E-state index in [0.29, 0.717) is 21.1 Å². The predicted octanol–water partition coefficient (Wildman–Crippen LogP) is 7.49. The standard InChI is InChI=1S/C25H18BrClF3N3O2S2/c26-14-6-8-15(9-7-14)33-23(35)21-16-3-1-2-4-19(16)37-22(21)32-24(33)36-12-20(34)31-18-11-13(25(28,29)30)5-10-17(18)27/h5-11H,1-4,12H2,(H,31,34). The van der Waals surface area contributed by atoms with Gasteiger partial charge in [0.1, 0.15) is 4.83 Å². The highest BCUT2D eigenvalue weighted by molar-refractivity contribution is 9.10. The Bertz CT molecular complexity index is 1570. The largest absolute Gasteiger partial charge is 0.416 e. The Morgan fingerprint density at radius 2 is 1.89 bits per heavy atom. The number of rotatable bonds is 5. The van der Waals surface area contributed by atoms with Crippen molar-refractivity contribution in [1.82, 2.24) is 9.55 Å². The van der Waals surface area contributed by atoms with Crippen LogP contribution in [0.3, 0.4) is 0 Å². The average molecular weight is 629 g/mol. The maximum Gasteiger partial charge on any atom is 0.416 e. The van der Waals surface area contributed by atoms with Crippen LogP contribution >= 0.6 is 50.6 Å². The van der Waals surface area contributed by atoms with Gasteiger partial charge in [0.05, 0.1) is 33.1 Å². The highest BCUT2D eigenvalue weighted by atomic mass is 79.9. The normalized spacial score (nSPS) is 13.5. The first-order valence-corrected chi connectivity index (χ1v) is 14.2. The van der Waals surface area contributed by atoms with Crippen LogP contribution in [0.4, 0.5) is 18.9 Å². The van der Waals surface area contributed by atoms with Gasteiger partial charge >= 0.3 is 6.18 Å². The number of aryl methyl sites for hydroxylation is 2. The van der Waals surface area contributed by atoms with Gasteiger partial charge in [-0.25, -0.2) is 4.98 Å². The summed E-state index contributed by atoms with van der Waals surface area (Å²) in [7, 11) is 0. The van der Waals surface area contributed by atoms with E-state index >= 15 is 0 Å². The molecule has 1 N–H and O–H groups in total. The lowest BCUT2D eigenvalue weighted by atomic mass is 9.97. The molecular formula is C25H18BrClF3N3O2S2. The summed E-state index contributed by atoms with van der Waals surface area (Å²) in [6, 6.07) is 9.92. The Hall–Kier alpha value is -2.34. The van der Waals surface area contributed by atoms with E-state index in [9.17, 15) is 22.8 Å². The minimum absolute atomic E-state index is 0.0122. The minimum Gasteiger partial charge on any atom is -0.324 e. The zero-order valence-electron chi connectivity index (χ0n) is 19.0. The number of aromatic nitrogens is 2. The first-order valence-electron chi connectivity index (χ1n) is 11.2. The van der Waals surface area contributed by atoms with E-state index < -0.39 is 17.6 Å². The molecule has 0 unspecified atom stereocenters. The second-order valence-electron chi connectivity index (χ2n) is 8.43. The number of anilines is 1. The second-order valence-corrected chi connectivity index (χ2v) is 11.8. The Morgan fingerprint density at radius 1 is 1.16 bits per heavy atom. The molecule has 0 aliphatic heterocycles. The molecule has 4 aromatic rings. The average Bonchev–Trinajstić information content (AvgIpc) is 3.23. The molecule has 192 valence electrons. The SMILES string of the molecule is O=C(CSc1nc2sc3c(c2c(=O)n1-c1ccc(Br)cc1)CCCC3)Nc1cc(C(F)(F)F)ccc1Cl. The van der Waals surface area contributed by atoms with Gasteiger partial charge in [0, 0.05) is 9.35 Å². The molecule has 5 nitrogen and oxygen atoms in total. The zero-order chi connectivity index (χ0) is 26.3. The fourth-order valence-corrected chi connectivity index (χ4v) is 6.76. The van der Waals surface area contributed by atoms with Gasteiger partial charge < -0.3 is 5.32 Å². The number of thiophene rings is 1. The van der Waals surface area contributed by atoms with Crippen molar-refractivity contribution in [2.75, 3.05) is 11.1 Å². The number of thioether (sulfide) groups is 1. The Kier molecular flexibility index (Phi) is 7.41. The third-order valence-electron chi connectivity index (χ3n) is 5.94. The molecule has 2 heterocycles. The van der Waals surface area contributed by atoms with Crippen LogP contribution in [-0.4, -0.2) is 21.2 Å². The molecule has 0 spiro atoms. The molecule has 1 aliphatic carbocycles. The van der Waals surface area contributed by atoms with Crippen LogP contribution in [0.2, 0.25) is 5.02 Å². The molecule has 2 aromatic carbocycles. The maximum atomic E-state index is 13.8. The highest BCUT2D eigenvalue weighted by Crippen LogP contribution is 2.36. The molecule has 37 heavy (non-hydrogen) atoms. The number of nitrogens with one attached hydrogen (secondary N) is 1. The van der Waals surface area contributed by atoms with Crippen LogP contribution in [0.5, 0.6) is 0 Å². The van der Waals surface area contributed by atoms with Crippen LogP contribution in [0.15, 0.2) is 56.9 Å². The van der Waals surface area contributed by atoms with E-state index in [4.69, 9.17) is 16.6 Å². The number of hydrogen-bond acceptors (Lipinski definition) is 5. The third-order valence-corrected chi connectivity index (χ3v) is 8.93. The minimum atomic E-state index is -4.57. The lowest BCUT2D eigenvalue weighted by Gasteiger charge is -2.14. The van der Waals surface area contributed by atoms with Gasteiger partial charge in [-0.15, -0.1) is 11.3 Å². The first kappa shape index (κ1) is 26.3. The van der Waals surface area contributed by atoms with E-state index in [0.717, 1.165) is 65.7 Å². The number of fused-ring (bicyclic) bond motifs is 3. The van der Waals surface area contributed by atoms with Crippen molar-refractivity contribution in [3.63, 3.8) is 0 Å². The van der Waals surface area contributed by atoms with Crippen LogP contribution in [0.1, 0.15) is 28.8 Å². The van der Waals surface area contributed by atoms with Crippen molar-refractivity contribution in [3.05, 3.63) is 78.3 Å². The summed E-state index contributed by atoms with van der Waals surface area (Å²) in [5, 5.41) is 3.37.